The average Bonchev–Trinajstić information content (AvgIpc) is 3.55. The van der Waals surface area contributed by atoms with Crippen molar-refractivity contribution in [3.63, 3.8) is 0 Å². The van der Waals surface area contributed by atoms with E-state index in [1.54, 1.807) is 31.2 Å². The minimum absolute atomic E-state index is 0. The zero-order valence-electron chi connectivity index (χ0n) is 19.5. The largest absolute Gasteiger partial charge is 0.461 e. The number of halogens is 2. The van der Waals surface area contributed by atoms with Crippen molar-refractivity contribution >= 4 is 47.1 Å². The summed E-state index contributed by atoms with van der Waals surface area (Å²) in [6, 6.07) is 5.68. The Morgan fingerprint density at radius 2 is 2.00 bits per heavy atom. The number of thioether (sulfide) groups is 1. The molecule has 0 bridgehead atoms. The van der Waals surface area contributed by atoms with Gasteiger partial charge in [0.15, 0.2) is 16.6 Å². The van der Waals surface area contributed by atoms with E-state index in [0.29, 0.717) is 30.8 Å². The van der Waals surface area contributed by atoms with Gasteiger partial charge in [0.25, 0.3) is 0 Å². The molecule has 2 unspecified atom stereocenters. The van der Waals surface area contributed by atoms with Gasteiger partial charge in [0, 0.05) is 36.7 Å². The topological polar surface area (TPSA) is 105 Å². The SMILES string of the molecule is CCOC(=O)c1n[nH]nc1/C=C1/CN(C(C(=O)C2CC2)c2ccccc2F)CCC1SC(C)=O.Cl. The predicted octanol–water partition coefficient (Wildman–Crippen LogP) is 4.00. The maximum atomic E-state index is 14.8. The zero-order chi connectivity index (χ0) is 24.2. The van der Waals surface area contributed by atoms with Gasteiger partial charge < -0.3 is 4.74 Å². The van der Waals surface area contributed by atoms with E-state index in [4.69, 9.17) is 4.74 Å². The number of rotatable bonds is 8. The van der Waals surface area contributed by atoms with Gasteiger partial charge in [0.1, 0.15) is 11.5 Å². The fraction of sp³-hybridized carbons (Fsp3) is 0.458. The van der Waals surface area contributed by atoms with Crippen molar-refractivity contribution in [1.29, 1.82) is 0 Å². The molecule has 2 atom stereocenters. The van der Waals surface area contributed by atoms with Crippen LogP contribution in [0.2, 0.25) is 0 Å². The zero-order valence-corrected chi connectivity index (χ0v) is 21.2. The van der Waals surface area contributed by atoms with E-state index >= 15 is 0 Å². The molecular formula is C24H28ClFN4O4S. The number of hydrogen-bond acceptors (Lipinski definition) is 8. The van der Waals surface area contributed by atoms with Crippen LogP contribution in [-0.4, -0.2) is 62.1 Å². The van der Waals surface area contributed by atoms with Crippen LogP contribution >= 0.6 is 24.2 Å². The Labute approximate surface area is 213 Å². The number of ether oxygens (including phenoxy) is 1. The molecule has 1 saturated carbocycles. The number of carbonyl (C=O) groups excluding carboxylic acids is 3. The quantitative estimate of drug-likeness (QED) is 0.519. The highest BCUT2D eigenvalue weighted by atomic mass is 35.5. The molecule has 0 amide bonds. The summed E-state index contributed by atoms with van der Waals surface area (Å²) in [7, 11) is 0. The maximum Gasteiger partial charge on any atom is 0.361 e. The lowest BCUT2D eigenvalue weighted by Gasteiger charge is -2.38. The monoisotopic (exact) mass is 522 g/mol. The van der Waals surface area contributed by atoms with E-state index in [-0.39, 0.29) is 46.8 Å². The van der Waals surface area contributed by atoms with Crippen LogP contribution in [-0.2, 0) is 14.3 Å². The van der Waals surface area contributed by atoms with Gasteiger partial charge in [0.2, 0.25) is 0 Å². The highest BCUT2D eigenvalue weighted by Crippen LogP contribution is 2.40. The number of hydrogen-bond donors (Lipinski definition) is 1. The van der Waals surface area contributed by atoms with Crippen LogP contribution in [0, 0.1) is 11.7 Å². The smallest absolute Gasteiger partial charge is 0.361 e. The molecule has 0 spiro atoms. The van der Waals surface area contributed by atoms with Gasteiger partial charge >= 0.3 is 5.97 Å². The van der Waals surface area contributed by atoms with Crippen LogP contribution in [0.4, 0.5) is 4.39 Å². The number of esters is 1. The van der Waals surface area contributed by atoms with E-state index in [1.165, 1.54) is 24.8 Å². The van der Waals surface area contributed by atoms with Crippen molar-refractivity contribution in [2.75, 3.05) is 19.7 Å². The molecule has 4 rings (SSSR count). The van der Waals surface area contributed by atoms with Crippen molar-refractivity contribution < 1.29 is 23.5 Å². The lowest BCUT2D eigenvalue weighted by Crippen LogP contribution is -2.43. The lowest BCUT2D eigenvalue weighted by atomic mass is 9.93. The van der Waals surface area contributed by atoms with Crippen molar-refractivity contribution in [3.05, 3.63) is 52.6 Å². The third-order valence-electron chi connectivity index (χ3n) is 5.97. The molecule has 2 aromatic rings. The summed E-state index contributed by atoms with van der Waals surface area (Å²) in [6.45, 7) is 4.27. The minimum atomic E-state index is -0.706. The summed E-state index contributed by atoms with van der Waals surface area (Å²) in [5.41, 5.74) is 1.54. The third kappa shape index (κ3) is 6.36. The second-order valence-corrected chi connectivity index (χ2v) is 9.83. The van der Waals surface area contributed by atoms with Crippen LogP contribution in [0.15, 0.2) is 29.8 Å². The average molecular weight is 523 g/mol. The van der Waals surface area contributed by atoms with Crippen molar-refractivity contribution in [2.24, 2.45) is 5.92 Å². The van der Waals surface area contributed by atoms with Gasteiger partial charge in [-0.25, -0.2) is 9.18 Å². The highest BCUT2D eigenvalue weighted by molar-refractivity contribution is 8.14. The van der Waals surface area contributed by atoms with Crippen LogP contribution in [0.25, 0.3) is 6.08 Å². The normalized spacial score (nSPS) is 20.2. The molecule has 0 radical (unpaired) electrons. The molecule has 2 aliphatic rings. The van der Waals surface area contributed by atoms with Gasteiger partial charge in [-0.15, -0.1) is 17.5 Å². The van der Waals surface area contributed by atoms with E-state index in [2.05, 4.69) is 15.4 Å². The van der Waals surface area contributed by atoms with E-state index in [0.717, 1.165) is 18.4 Å². The molecule has 35 heavy (non-hydrogen) atoms. The first-order chi connectivity index (χ1) is 16.4. The molecule has 8 nitrogen and oxygen atoms in total. The molecule has 2 heterocycles. The molecule has 2 fully saturated rings. The maximum absolute atomic E-state index is 14.8. The number of likely N-dealkylation sites (tertiary alicyclic amines) is 1. The van der Waals surface area contributed by atoms with Crippen molar-refractivity contribution in [2.45, 2.75) is 44.4 Å². The Hall–Kier alpha value is -2.56. The number of Topliss-reactive ketones (excluding diaryl/α,β-unsaturated/α-hetero) is 1. The van der Waals surface area contributed by atoms with E-state index < -0.39 is 17.8 Å². The summed E-state index contributed by atoms with van der Waals surface area (Å²) in [5, 5.41) is 10.3. The van der Waals surface area contributed by atoms with Crippen LogP contribution in [0.1, 0.15) is 60.9 Å². The van der Waals surface area contributed by atoms with Gasteiger partial charge in [0.05, 0.1) is 12.6 Å². The molecule has 1 aromatic heterocycles. The fourth-order valence-corrected chi connectivity index (χ4v) is 5.18. The summed E-state index contributed by atoms with van der Waals surface area (Å²) >= 11 is 1.20. The summed E-state index contributed by atoms with van der Waals surface area (Å²) < 4.78 is 19.8. The number of benzene rings is 1. The molecule has 188 valence electrons. The molecule has 1 saturated heterocycles. The first-order valence-corrected chi connectivity index (χ1v) is 12.2. The number of aromatic nitrogens is 3. The minimum Gasteiger partial charge on any atom is -0.461 e. The number of nitrogens with zero attached hydrogens (tertiary/aromatic N) is 3. The number of nitrogens with one attached hydrogen (secondary N) is 1. The number of carbonyl (C=O) groups is 3. The lowest BCUT2D eigenvalue weighted by molar-refractivity contribution is -0.126. The third-order valence-corrected chi connectivity index (χ3v) is 7.12. The van der Waals surface area contributed by atoms with Gasteiger partial charge in [-0.2, -0.15) is 10.3 Å². The predicted molar refractivity (Wildman–Crippen MR) is 133 cm³/mol. The first-order valence-electron chi connectivity index (χ1n) is 11.4. The van der Waals surface area contributed by atoms with Crippen LogP contribution in [0.3, 0.4) is 0 Å². The number of H-pyrrole nitrogens is 1. The Kier molecular flexibility index (Phi) is 9.21. The molecule has 1 aliphatic carbocycles. The second-order valence-electron chi connectivity index (χ2n) is 8.46. The molecular weight excluding hydrogens is 495 g/mol. The van der Waals surface area contributed by atoms with E-state index in [1.807, 2.05) is 4.90 Å². The Bertz CT molecular complexity index is 1120. The molecule has 1 aromatic carbocycles. The molecule has 1 aliphatic heterocycles. The van der Waals surface area contributed by atoms with E-state index in [9.17, 15) is 18.8 Å². The molecule has 1 N–H and O–H groups in total. The number of piperidine rings is 1. The Morgan fingerprint density at radius 3 is 2.66 bits per heavy atom. The Balaban J connectivity index is 0.00000342. The van der Waals surface area contributed by atoms with Gasteiger partial charge in [-0.3, -0.25) is 14.5 Å². The number of ketones is 1. The van der Waals surface area contributed by atoms with Crippen molar-refractivity contribution in [1.82, 2.24) is 20.3 Å². The van der Waals surface area contributed by atoms with Gasteiger partial charge in [-0.1, -0.05) is 30.0 Å². The fourth-order valence-electron chi connectivity index (χ4n) is 4.26. The van der Waals surface area contributed by atoms with Crippen LogP contribution in [0.5, 0.6) is 0 Å². The molecule has 11 heteroatoms. The summed E-state index contributed by atoms with van der Waals surface area (Å²) in [5.74, 6) is -1.03. The number of aromatic amines is 1. The highest BCUT2D eigenvalue weighted by Gasteiger charge is 2.41. The van der Waals surface area contributed by atoms with Crippen molar-refractivity contribution in [3.8, 4) is 0 Å². The Morgan fingerprint density at radius 1 is 1.26 bits per heavy atom. The first kappa shape index (κ1) is 27.0. The standard InChI is InChI=1S/C24H27FN4O4S.ClH/c1-3-33-24(32)21-19(26-28-27-21)12-16-13-29(11-10-20(16)34-14(2)30)22(23(31)15-8-9-15)17-6-4-5-7-18(17)25;/h4-7,12,15,20,22H,3,8-11,13H2,1-2H3,(H,26,27,28);1H/b16-12-;. The van der Waals surface area contributed by atoms with Crippen LogP contribution < -0.4 is 0 Å². The summed E-state index contributed by atoms with van der Waals surface area (Å²) in [6.07, 6.45) is 3.96. The summed E-state index contributed by atoms with van der Waals surface area (Å²) in [4.78, 5) is 39.4. The van der Waals surface area contributed by atoms with Gasteiger partial charge in [-0.05, 0) is 43.9 Å². The second kappa shape index (κ2) is 11.9.